The lowest BCUT2D eigenvalue weighted by molar-refractivity contribution is -0.136. The molecular weight excluding hydrogens is 462 g/mol. The van der Waals surface area contributed by atoms with Crippen LogP contribution >= 0.6 is 0 Å². The summed E-state index contributed by atoms with van der Waals surface area (Å²) in [6.45, 7) is 4.55. The van der Waals surface area contributed by atoms with E-state index in [0.29, 0.717) is 13.0 Å². The molecule has 2 unspecified atom stereocenters. The lowest BCUT2D eigenvalue weighted by Crippen LogP contribution is -2.39. The molecule has 0 bridgehead atoms. The third-order valence-electron chi connectivity index (χ3n) is 7.90. The van der Waals surface area contributed by atoms with E-state index in [4.69, 9.17) is 10.1 Å². The molecule has 2 atom stereocenters. The van der Waals surface area contributed by atoms with Crippen LogP contribution in [0.1, 0.15) is 71.6 Å². The van der Waals surface area contributed by atoms with E-state index < -0.39 is 17.7 Å². The van der Waals surface area contributed by atoms with Crippen molar-refractivity contribution in [2.45, 2.75) is 64.1 Å². The monoisotopic (exact) mass is 499 g/mol. The summed E-state index contributed by atoms with van der Waals surface area (Å²) in [6.07, 6.45) is 3.08. The van der Waals surface area contributed by atoms with Crippen molar-refractivity contribution in [3.8, 4) is 0 Å². The highest BCUT2D eigenvalue weighted by Crippen LogP contribution is 2.42. The summed E-state index contributed by atoms with van der Waals surface area (Å²) in [6, 6.07) is 23.5. The van der Waals surface area contributed by atoms with Crippen molar-refractivity contribution in [2.75, 3.05) is 6.54 Å². The lowest BCUT2D eigenvalue weighted by Gasteiger charge is -2.39. The Hall–Kier alpha value is -3.28. The zero-order valence-corrected chi connectivity index (χ0v) is 21.7. The molecule has 3 N–H and O–H groups in total. The van der Waals surface area contributed by atoms with Gasteiger partial charge in [-0.05, 0) is 79.3 Å². The van der Waals surface area contributed by atoms with Gasteiger partial charge >= 0.3 is 5.97 Å². The number of aliphatic hydroxyl groups excluding tert-OH is 1. The summed E-state index contributed by atoms with van der Waals surface area (Å²) >= 11 is 0. The van der Waals surface area contributed by atoms with Crippen LogP contribution in [0.2, 0.25) is 0 Å². The summed E-state index contributed by atoms with van der Waals surface area (Å²) in [5, 5.41) is 32.2. The van der Waals surface area contributed by atoms with Crippen molar-refractivity contribution in [3.05, 3.63) is 106 Å². The highest BCUT2D eigenvalue weighted by molar-refractivity contribution is 5.85. The van der Waals surface area contributed by atoms with Crippen molar-refractivity contribution in [2.24, 2.45) is 10.9 Å². The Morgan fingerprint density at radius 3 is 2.19 bits per heavy atom. The Morgan fingerprint density at radius 2 is 1.59 bits per heavy atom. The molecule has 3 aromatic carbocycles. The molecular formula is C32H37NO4. The first-order valence-electron chi connectivity index (χ1n) is 13.1. The third-order valence-corrected chi connectivity index (χ3v) is 7.90. The van der Waals surface area contributed by atoms with Gasteiger partial charge in [-0.25, -0.2) is 0 Å². The van der Waals surface area contributed by atoms with Crippen molar-refractivity contribution >= 4 is 11.7 Å². The molecule has 1 aliphatic rings. The lowest BCUT2D eigenvalue weighted by atomic mass is 9.71. The van der Waals surface area contributed by atoms with Crippen molar-refractivity contribution in [1.29, 1.82) is 0 Å². The molecule has 194 valence electrons. The standard InChI is InChI=1S/C32H37NO4/c1-22-23(2)29(17-16-24(22)20-31(35)36)30(34)15-9-14-28-21-27(18-19-33-28)32(37,25-10-5-3-6-11-25)26-12-7-4-8-13-26/h3-8,10-13,16-17,27,30,34,37H,9,14-15,18-21H2,1-2H3,(H,35,36). The van der Waals surface area contributed by atoms with Gasteiger partial charge < -0.3 is 15.3 Å². The second-order valence-corrected chi connectivity index (χ2v) is 10.2. The van der Waals surface area contributed by atoms with Gasteiger partial charge in [-0.2, -0.15) is 0 Å². The van der Waals surface area contributed by atoms with E-state index in [2.05, 4.69) is 0 Å². The van der Waals surface area contributed by atoms with Gasteiger partial charge in [-0.15, -0.1) is 0 Å². The van der Waals surface area contributed by atoms with Crippen LogP contribution in [-0.4, -0.2) is 33.5 Å². The van der Waals surface area contributed by atoms with Crippen LogP contribution in [0.3, 0.4) is 0 Å². The normalized spacial score (nSPS) is 16.8. The molecule has 5 nitrogen and oxygen atoms in total. The molecule has 1 aliphatic heterocycles. The molecule has 37 heavy (non-hydrogen) atoms. The molecule has 0 saturated heterocycles. The summed E-state index contributed by atoms with van der Waals surface area (Å²) in [7, 11) is 0. The number of rotatable bonds is 10. The molecule has 0 radical (unpaired) electrons. The Labute approximate surface area is 219 Å². The molecule has 0 spiro atoms. The Morgan fingerprint density at radius 1 is 0.973 bits per heavy atom. The van der Waals surface area contributed by atoms with Crippen LogP contribution in [0, 0.1) is 19.8 Å². The molecule has 3 aromatic rings. The number of hydrogen-bond acceptors (Lipinski definition) is 4. The minimum atomic E-state index is -1.09. The SMILES string of the molecule is Cc1c(CC(=O)O)ccc(C(O)CCCC2=NCCC(C(O)(c3ccccc3)c3ccccc3)C2)c1C. The average Bonchev–Trinajstić information content (AvgIpc) is 2.92. The molecule has 0 fully saturated rings. The number of aliphatic carboxylic acids is 1. The Kier molecular flexibility index (Phi) is 8.57. The molecule has 0 amide bonds. The first-order chi connectivity index (χ1) is 17.8. The number of carbonyl (C=O) groups is 1. The fourth-order valence-corrected chi connectivity index (χ4v) is 5.66. The maximum atomic E-state index is 12.2. The van der Waals surface area contributed by atoms with Gasteiger partial charge in [0, 0.05) is 18.2 Å². The van der Waals surface area contributed by atoms with Crippen LogP contribution in [0.25, 0.3) is 0 Å². The van der Waals surface area contributed by atoms with Gasteiger partial charge in [0.1, 0.15) is 5.60 Å². The number of benzene rings is 3. The van der Waals surface area contributed by atoms with E-state index in [1.54, 1.807) is 0 Å². The Balaban J connectivity index is 1.43. The first-order valence-corrected chi connectivity index (χ1v) is 13.1. The predicted octanol–water partition coefficient (Wildman–Crippen LogP) is 5.92. The number of carboxylic acids is 1. The average molecular weight is 500 g/mol. The molecule has 1 heterocycles. The number of hydrogen-bond donors (Lipinski definition) is 3. The highest BCUT2D eigenvalue weighted by Gasteiger charge is 2.41. The zero-order valence-electron chi connectivity index (χ0n) is 21.7. The fraction of sp³-hybridized carbons (Fsp3) is 0.375. The number of carboxylic acid groups (broad SMARTS) is 1. The number of aliphatic imine (C=N–C) groups is 1. The minimum Gasteiger partial charge on any atom is -0.481 e. The van der Waals surface area contributed by atoms with Crippen LogP contribution in [0.4, 0.5) is 0 Å². The fourth-order valence-electron chi connectivity index (χ4n) is 5.66. The molecule has 0 aromatic heterocycles. The van der Waals surface area contributed by atoms with Gasteiger partial charge in [0.2, 0.25) is 0 Å². The largest absolute Gasteiger partial charge is 0.481 e. The van der Waals surface area contributed by atoms with E-state index in [-0.39, 0.29) is 12.3 Å². The van der Waals surface area contributed by atoms with Gasteiger partial charge in [0.25, 0.3) is 0 Å². The minimum absolute atomic E-state index is 0.0116. The second-order valence-electron chi connectivity index (χ2n) is 10.2. The van der Waals surface area contributed by atoms with E-state index in [1.807, 2.05) is 86.6 Å². The number of aliphatic hydroxyl groups is 2. The van der Waals surface area contributed by atoms with Crippen molar-refractivity contribution in [1.82, 2.24) is 0 Å². The van der Waals surface area contributed by atoms with Crippen molar-refractivity contribution < 1.29 is 20.1 Å². The molecule has 0 saturated carbocycles. The van der Waals surface area contributed by atoms with E-state index in [1.165, 1.54) is 0 Å². The summed E-state index contributed by atoms with van der Waals surface area (Å²) < 4.78 is 0. The summed E-state index contributed by atoms with van der Waals surface area (Å²) in [4.78, 5) is 15.9. The molecule has 0 aliphatic carbocycles. The quantitative estimate of drug-likeness (QED) is 0.323. The Bertz CT molecular complexity index is 1200. The smallest absolute Gasteiger partial charge is 0.307 e. The first kappa shape index (κ1) is 26.8. The van der Waals surface area contributed by atoms with E-state index in [9.17, 15) is 15.0 Å². The summed E-state index contributed by atoms with van der Waals surface area (Å²) in [5.74, 6) is -0.838. The topological polar surface area (TPSA) is 90.1 Å². The van der Waals surface area contributed by atoms with Crippen LogP contribution in [0.15, 0.2) is 77.8 Å². The third kappa shape index (κ3) is 6.00. The van der Waals surface area contributed by atoms with E-state index in [0.717, 1.165) is 64.8 Å². The van der Waals surface area contributed by atoms with Gasteiger partial charge in [0.05, 0.1) is 12.5 Å². The van der Waals surface area contributed by atoms with Gasteiger partial charge in [0.15, 0.2) is 0 Å². The maximum absolute atomic E-state index is 12.2. The highest BCUT2D eigenvalue weighted by atomic mass is 16.4. The predicted molar refractivity (Wildman–Crippen MR) is 147 cm³/mol. The van der Waals surface area contributed by atoms with Gasteiger partial charge in [-0.3, -0.25) is 9.79 Å². The van der Waals surface area contributed by atoms with Gasteiger partial charge in [-0.1, -0.05) is 72.8 Å². The number of nitrogens with zero attached hydrogens (tertiary/aromatic N) is 1. The summed E-state index contributed by atoms with van der Waals surface area (Å²) in [5.41, 5.74) is 5.34. The van der Waals surface area contributed by atoms with E-state index >= 15 is 0 Å². The van der Waals surface area contributed by atoms with Crippen LogP contribution < -0.4 is 0 Å². The van der Waals surface area contributed by atoms with Crippen LogP contribution in [0.5, 0.6) is 0 Å². The zero-order chi connectivity index (χ0) is 26.4. The van der Waals surface area contributed by atoms with Crippen LogP contribution in [-0.2, 0) is 16.8 Å². The molecule has 5 heteroatoms. The maximum Gasteiger partial charge on any atom is 0.307 e. The second kappa shape index (κ2) is 11.8. The van der Waals surface area contributed by atoms with Crippen molar-refractivity contribution in [3.63, 3.8) is 0 Å². The molecule has 4 rings (SSSR count).